The summed E-state index contributed by atoms with van der Waals surface area (Å²) >= 11 is 5.35. The highest BCUT2D eigenvalue weighted by Gasteiger charge is 2.11. The van der Waals surface area contributed by atoms with Gasteiger partial charge in [0.05, 0.1) is 0 Å². The van der Waals surface area contributed by atoms with Crippen LogP contribution in [-0.4, -0.2) is 0 Å². The monoisotopic (exact) mass is 319 g/mol. The zero-order chi connectivity index (χ0) is 12.5. The fourth-order valence-electron chi connectivity index (χ4n) is 2.34. The molecule has 1 nitrogen and oxygen atoms in total. The number of benzene rings is 2. The number of nitrogens with two attached hydrogens (primary N) is 1. The Bertz CT molecular complexity index is 595. The molecule has 1 aliphatic carbocycles. The van der Waals surface area contributed by atoms with E-state index in [1.807, 2.05) is 12.1 Å². The van der Waals surface area contributed by atoms with E-state index in [0.717, 1.165) is 10.2 Å². The molecule has 0 aromatic heterocycles. The molecule has 0 fully saturated rings. The molecule has 0 saturated carbocycles. The third kappa shape index (κ3) is 2.43. The lowest BCUT2D eigenvalue weighted by molar-refractivity contribution is 0.911. The van der Waals surface area contributed by atoms with Crippen LogP contribution in [0, 0.1) is 0 Å². The second-order valence-corrected chi connectivity index (χ2v) is 6.55. The lowest BCUT2D eigenvalue weighted by Gasteiger charge is -2.07. The van der Waals surface area contributed by atoms with Gasteiger partial charge in [-0.1, -0.05) is 17.8 Å². The zero-order valence-corrected chi connectivity index (χ0v) is 12.4. The van der Waals surface area contributed by atoms with Crippen molar-refractivity contribution in [3.63, 3.8) is 0 Å². The van der Waals surface area contributed by atoms with Gasteiger partial charge in [-0.3, -0.25) is 0 Å². The van der Waals surface area contributed by atoms with Gasteiger partial charge in [0.1, 0.15) is 0 Å². The maximum atomic E-state index is 5.76. The summed E-state index contributed by atoms with van der Waals surface area (Å²) in [6.45, 7) is 0. The third-order valence-electron chi connectivity index (χ3n) is 3.25. The standard InChI is InChI=1S/C15H14BrNS/c16-14-9-12(17)5-7-15(14)18-13-6-4-10-2-1-3-11(10)8-13/h4-9H,1-3,17H2. The summed E-state index contributed by atoms with van der Waals surface area (Å²) in [6, 6.07) is 12.8. The smallest absolute Gasteiger partial charge is 0.0335 e. The SMILES string of the molecule is Nc1ccc(Sc2ccc3c(c2)CCC3)c(Br)c1. The Morgan fingerprint density at radius 1 is 1.00 bits per heavy atom. The summed E-state index contributed by atoms with van der Waals surface area (Å²) < 4.78 is 1.06. The highest BCUT2D eigenvalue weighted by Crippen LogP contribution is 2.36. The molecule has 0 unspecified atom stereocenters. The molecule has 0 atom stereocenters. The van der Waals surface area contributed by atoms with Crippen molar-refractivity contribution in [2.75, 3.05) is 5.73 Å². The molecule has 3 heteroatoms. The number of halogens is 1. The number of nitrogen functional groups attached to an aromatic ring is 1. The van der Waals surface area contributed by atoms with E-state index in [4.69, 9.17) is 5.73 Å². The van der Waals surface area contributed by atoms with Crippen LogP contribution >= 0.6 is 27.7 Å². The van der Waals surface area contributed by atoms with Crippen LogP contribution in [0.2, 0.25) is 0 Å². The van der Waals surface area contributed by atoms with E-state index in [-0.39, 0.29) is 0 Å². The fourth-order valence-corrected chi connectivity index (χ4v) is 3.86. The molecule has 2 aromatic rings. The van der Waals surface area contributed by atoms with Gasteiger partial charge in [-0.15, -0.1) is 0 Å². The fraction of sp³-hybridized carbons (Fsp3) is 0.200. The quantitative estimate of drug-likeness (QED) is 0.814. The molecule has 3 rings (SSSR count). The predicted molar refractivity (Wildman–Crippen MR) is 81.1 cm³/mol. The van der Waals surface area contributed by atoms with E-state index in [9.17, 15) is 0 Å². The zero-order valence-electron chi connectivity index (χ0n) is 9.95. The van der Waals surface area contributed by atoms with E-state index < -0.39 is 0 Å². The van der Waals surface area contributed by atoms with E-state index >= 15 is 0 Å². The Hall–Kier alpha value is -0.930. The number of hydrogen-bond acceptors (Lipinski definition) is 2. The maximum Gasteiger partial charge on any atom is 0.0335 e. The molecule has 0 bridgehead atoms. The number of aryl methyl sites for hydroxylation is 2. The van der Waals surface area contributed by atoms with Crippen LogP contribution in [0.4, 0.5) is 5.69 Å². The normalized spacial score (nSPS) is 13.6. The predicted octanol–water partition coefficient (Wildman–Crippen LogP) is 4.67. The third-order valence-corrected chi connectivity index (χ3v) is 5.24. The van der Waals surface area contributed by atoms with Crippen molar-refractivity contribution >= 4 is 33.4 Å². The Labute approximate surface area is 120 Å². The Morgan fingerprint density at radius 3 is 2.67 bits per heavy atom. The molecular formula is C15H14BrNS. The highest BCUT2D eigenvalue weighted by molar-refractivity contribution is 9.10. The molecule has 18 heavy (non-hydrogen) atoms. The van der Waals surface area contributed by atoms with Crippen LogP contribution in [0.5, 0.6) is 0 Å². The number of hydrogen-bond donors (Lipinski definition) is 1. The largest absolute Gasteiger partial charge is 0.399 e. The van der Waals surface area contributed by atoms with Crippen molar-refractivity contribution in [3.05, 3.63) is 52.0 Å². The van der Waals surface area contributed by atoms with Crippen LogP contribution < -0.4 is 5.73 Å². The average Bonchev–Trinajstić information content (AvgIpc) is 2.80. The van der Waals surface area contributed by atoms with Gasteiger partial charge < -0.3 is 5.73 Å². The first-order chi connectivity index (χ1) is 8.72. The molecule has 2 N–H and O–H groups in total. The van der Waals surface area contributed by atoms with Crippen molar-refractivity contribution in [3.8, 4) is 0 Å². The molecule has 92 valence electrons. The molecule has 0 spiro atoms. The van der Waals surface area contributed by atoms with Gasteiger partial charge in [0.15, 0.2) is 0 Å². The summed E-state index contributed by atoms with van der Waals surface area (Å²) in [4.78, 5) is 2.52. The summed E-state index contributed by atoms with van der Waals surface area (Å²) in [6.07, 6.45) is 3.77. The molecule has 0 amide bonds. The average molecular weight is 320 g/mol. The molecule has 1 aliphatic rings. The van der Waals surface area contributed by atoms with Crippen LogP contribution in [0.25, 0.3) is 0 Å². The van der Waals surface area contributed by atoms with Crippen molar-refractivity contribution in [2.45, 2.75) is 29.1 Å². The van der Waals surface area contributed by atoms with E-state index in [2.05, 4.69) is 40.2 Å². The van der Waals surface area contributed by atoms with Gasteiger partial charge in [0.25, 0.3) is 0 Å². The van der Waals surface area contributed by atoms with Crippen LogP contribution in [0.3, 0.4) is 0 Å². The lowest BCUT2D eigenvalue weighted by atomic mass is 10.1. The molecule has 0 heterocycles. The Morgan fingerprint density at radius 2 is 1.83 bits per heavy atom. The summed E-state index contributed by atoms with van der Waals surface area (Å²) in [5, 5.41) is 0. The second kappa shape index (κ2) is 4.98. The lowest BCUT2D eigenvalue weighted by Crippen LogP contribution is -1.86. The summed E-state index contributed by atoms with van der Waals surface area (Å²) in [5.74, 6) is 0. The first kappa shape index (κ1) is 12.1. The minimum absolute atomic E-state index is 0.792. The maximum absolute atomic E-state index is 5.76. The van der Waals surface area contributed by atoms with Crippen LogP contribution in [0.1, 0.15) is 17.5 Å². The molecule has 2 aromatic carbocycles. The first-order valence-corrected chi connectivity index (χ1v) is 7.68. The van der Waals surface area contributed by atoms with Gasteiger partial charge in [-0.25, -0.2) is 0 Å². The van der Waals surface area contributed by atoms with Gasteiger partial charge in [0.2, 0.25) is 0 Å². The molecule has 0 aliphatic heterocycles. The minimum Gasteiger partial charge on any atom is -0.399 e. The van der Waals surface area contributed by atoms with Crippen molar-refractivity contribution in [1.82, 2.24) is 0 Å². The van der Waals surface area contributed by atoms with Gasteiger partial charge >= 0.3 is 0 Å². The molecular weight excluding hydrogens is 306 g/mol. The van der Waals surface area contributed by atoms with Crippen molar-refractivity contribution < 1.29 is 0 Å². The summed E-state index contributed by atoms with van der Waals surface area (Å²) in [5.41, 5.74) is 9.59. The van der Waals surface area contributed by atoms with E-state index in [1.54, 1.807) is 11.8 Å². The number of rotatable bonds is 2. The number of fused-ring (bicyclic) bond motifs is 1. The first-order valence-electron chi connectivity index (χ1n) is 6.07. The molecule has 0 saturated heterocycles. The topological polar surface area (TPSA) is 26.0 Å². The van der Waals surface area contributed by atoms with E-state index in [1.165, 1.54) is 40.2 Å². The van der Waals surface area contributed by atoms with Crippen LogP contribution in [0.15, 0.2) is 50.7 Å². The van der Waals surface area contributed by atoms with Crippen LogP contribution in [-0.2, 0) is 12.8 Å². The molecule has 0 radical (unpaired) electrons. The minimum atomic E-state index is 0.792. The highest BCUT2D eigenvalue weighted by atomic mass is 79.9. The van der Waals surface area contributed by atoms with Gasteiger partial charge in [0, 0.05) is 20.0 Å². The Balaban J connectivity index is 1.88. The van der Waals surface area contributed by atoms with Gasteiger partial charge in [-0.05, 0) is 76.7 Å². The number of anilines is 1. The van der Waals surface area contributed by atoms with Crippen molar-refractivity contribution in [1.29, 1.82) is 0 Å². The Kier molecular flexibility index (Phi) is 3.35. The van der Waals surface area contributed by atoms with Crippen molar-refractivity contribution in [2.24, 2.45) is 0 Å². The second-order valence-electron chi connectivity index (χ2n) is 4.58. The summed E-state index contributed by atoms with van der Waals surface area (Å²) in [7, 11) is 0. The van der Waals surface area contributed by atoms with Gasteiger partial charge in [-0.2, -0.15) is 0 Å². The van der Waals surface area contributed by atoms with E-state index in [0.29, 0.717) is 0 Å².